The highest BCUT2D eigenvalue weighted by molar-refractivity contribution is 5.42. The fourth-order valence-electron chi connectivity index (χ4n) is 3.58. The molecule has 0 amide bonds. The summed E-state index contributed by atoms with van der Waals surface area (Å²) in [6.45, 7) is 2.19. The van der Waals surface area contributed by atoms with E-state index in [2.05, 4.69) is 128 Å². The van der Waals surface area contributed by atoms with Crippen molar-refractivity contribution in [3.63, 3.8) is 0 Å². The van der Waals surface area contributed by atoms with Gasteiger partial charge in [0, 0.05) is 12.0 Å². The van der Waals surface area contributed by atoms with Gasteiger partial charge in [0.05, 0.1) is 0 Å². The maximum Gasteiger partial charge on any atom is 0.0339 e. The van der Waals surface area contributed by atoms with Crippen molar-refractivity contribution in [2.24, 2.45) is 0 Å². The minimum atomic E-state index is 0.309. The topological polar surface area (TPSA) is 12.0 Å². The van der Waals surface area contributed by atoms with Crippen LogP contribution in [0.1, 0.15) is 35.1 Å². The van der Waals surface area contributed by atoms with Gasteiger partial charge in [0.15, 0.2) is 0 Å². The molecule has 4 rings (SSSR count). The monoisotopic (exact) mass is 393 g/mol. The Balaban J connectivity index is 0.000000199. The van der Waals surface area contributed by atoms with E-state index < -0.39 is 0 Å². The van der Waals surface area contributed by atoms with Gasteiger partial charge in [-0.1, -0.05) is 121 Å². The van der Waals surface area contributed by atoms with E-state index in [-0.39, 0.29) is 0 Å². The first-order chi connectivity index (χ1) is 14.8. The van der Waals surface area contributed by atoms with Gasteiger partial charge in [-0.3, -0.25) is 0 Å². The lowest BCUT2D eigenvalue weighted by molar-refractivity contribution is 0.608. The molecule has 0 aliphatic rings. The normalized spacial score (nSPS) is 11.4. The van der Waals surface area contributed by atoms with E-state index in [1.807, 2.05) is 13.1 Å². The highest BCUT2D eigenvalue weighted by atomic mass is 14.8. The highest BCUT2D eigenvalue weighted by Gasteiger charge is 2.15. The zero-order valence-electron chi connectivity index (χ0n) is 17.9. The lowest BCUT2D eigenvalue weighted by atomic mass is 9.85. The molecule has 4 aromatic rings. The van der Waals surface area contributed by atoms with Crippen molar-refractivity contribution in [1.82, 2.24) is 5.32 Å². The first-order valence-electron chi connectivity index (χ1n) is 10.6. The van der Waals surface area contributed by atoms with Crippen molar-refractivity contribution in [2.45, 2.75) is 25.3 Å². The van der Waals surface area contributed by atoms with Crippen molar-refractivity contribution < 1.29 is 0 Å². The van der Waals surface area contributed by atoms with Crippen LogP contribution in [0.15, 0.2) is 121 Å². The van der Waals surface area contributed by atoms with Gasteiger partial charge in [0.2, 0.25) is 0 Å². The van der Waals surface area contributed by atoms with Crippen LogP contribution in [0.2, 0.25) is 0 Å². The molecule has 0 aromatic heterocycles. The second kappa shape index (κ2) is 11.7. The lowest BCUT2D eigenvalue weighted by Crippen LogP contribution is -2.23. The van der Waals surface area contributed by atoms with Gasteiger partial charge in [-0.2, -0.15) is 0 Å². The molecule has 4 aromatic carbocycles. The Morgan fingerprint density at radius 2 is 0.867 bits per heavy atom. The van der Waals surface area contributed by atoms with Gasteiger partial charge < -0.3 is 5.32 Å². The summed E-state index contributed by atoms with van der Waals surface area (Å²) >= 11 is 0. The molecule has 1 heteroatoms. The summed E-state index contributed by atoms with van der Waals surface area (Å²) in [5, 5.41) is 3.21. The van der Waals surface area contributed by atoms with Crippen LogP contribution in [0.25, 0.3) is 0 Å². The largest absolute Gasteiger partial charge is 0.317 e. The minimum absolute atomic E-state index is 0.309. The van der Waals surface area contributed by atoms with Crippen LogP contribution in [0.3, 0.4) is 0 Å². The summed E-state index contributed by atoms with van der Waals surface area (Å²) in [6.07, 6.45) is 1.11. The maximum atomic E-state index is 3.21. The van der Waals surface area contributed by atoms with Crippen molar-refractivity contribution in [1.29, 1.82) is 0 Å². The third-order valence-electron chi connectivity index (χ3n) is 5.28. The van der Waals surface area contributed by atoms with Crippen molar-refractivity contribution in [3.05, 3.63) is 144 Å². The van der Waals surface area contributed by atoms with Gasteiger partial charge >= 0.3 is 0 Å². The van der Waals surface area contributed by atoms with Crippen LogP contribution in [-0.4, -0.2) is 13.1 Å². The van der Waals surface area contributed by atoms with E-state index in [9.17, 15) is 0 Å². The minimum Gasteiger partial charge on any atom is -0.317 e. The van der Waals surface area contributed by atoms with Crippen LogP contribution in [-0.2, 0) is 6.42 Å². The summed E-state index contributed by atoms with van der Waals surface area (Å²) in [7, 11) is 1.99. The summed E-state index contributed by atoms with van der Waals surface area (Å²) < 4.78 is 0. The van der Waals surface area contributed by atoms with Crippen LogP contribution in [0, 0.1) is 0 Å². The molecular formula is C29H31N. The third kappa shape index (κ3) is 6.43. The number of hydrogen-bond donors (Lipinski definition) is 1. The molecule has 1 atom stereocenters. The lowest BCUT2D eigenvalue weighted by Gasteiger charge is -2.18. The Morgan fingerprint density at radius 1 is 0.533 bits per heavy atom. The van der Waals surface area contributed by atoms with Gasteiger partial charge in [0.1, 0.15) is 0 Å². The maximum absolute atomic E-state index is 3.21. The average Bonchev–Trinajstić information content (AvgIpc) is 2.82. The molecule has 152 valence electrons. The Bertz CT molecular complexity index is 856. The molecule has 0 saturated carbocycles. The van der Waals surface area contributed by atoms with E-state index in [0.717, 1.165) is 6.42 Å². The summed E-state index contributed by atoms with van der Waals surface area (Å²) in [5.41, 5.74) is 5.40. The Labute approximate surface area is 181 Å². The summed E-state index contributed by atoms with van der Waals surface area (Å²) in [6, 6.07) is 43.1. The Hall–Kier alpha value is -3.16. The Morgan fingerprint density at radius 3 is 1.20 bits per heavy atom. The molecule has 0 saturated heterocycles. The zero-order chi connectivity index (χ0) is 21.0. The standard InChI is InChI=1S/C19H16.C10H15N/c1-4-10-16(11-5-1)19(17-12-6-2-7-13-17)18-14-8-3-9-15-18;1-9(11-2)8-10-6-4-3-5-7-10/h1-15,19H;3-7,9,11H,8H2,1-2H3/t;9-/m.0/s1. The molecule has 0 heterocycles. The SMILES string of the molecule is CN[C@@H](C)Cc1ccccc1.c1ccc(C(c2ccccc2)c2ccccc2)cc1. The van der Waals surface area contributed by atoms with E-state index >= 15 is 0 Å². The van der Waals surface area contributed by atoms with Gasteiger partial charge in [-0.05, 0) is 42.6 Å². The quantitative estimate of drug-likeness (QED) is 0.359. The molecule has 30 heavy (non-hydrogen) atoms. The van der Waals surface area contributed by atoms with Crippen LogP contribution < -0.4 is 5.32 Å². The first-order valence-corrected chi connectivity index (χ1v) is 10.6. The van der Waals surface area contributed by atoms with Crippen molar-refractivity contribution in [2.75, 3.05) is 7.05 Å². The molecule has 0 unspecified atom stereocenters. The van der Waals surface area contributed by atoms with Crippen LogP contribution >= 0.6 is 0 Å². The van der Waals surface area contributed by atoms with Crippen LogP contribution in [0.5, 0.6) is 0 Å². The number of rotatable bonds is 6. The summed E-state index contributed by atoms with van der Waals surface area (Å²) in [4.78, 5) is 0. The fraction of sp³-hybridized carbons (Fsp3) is 0.172. The predicted molar refractivity (Wildman–Crippen MR) is 129 cm³/mol. The smallest absolute Gasteiger partial charge is 0.0339 e. The van der Waals surface area contributed by atoms with E-state index in [1.165, 1.54) is 22.3 Å². The van der Waals surface area contributed by atoms with Crippen molar-refractivity contribution >= 4 is 0 Å². The molecule has 1 nitrogen and oxygen atoms in total. The van der Waals surface area contributed by atoms with E-state index in [0.29, 0.717) is 12.0 Å². The second-order valence-electron chi connectivity index (χ2n) is 7.54. The fourth-order valence-corrected chi connectivity index (χ4v) is 3.58. The third-order valence-corrected chi connectivity index (χ3v) is 5.28. The molecule has 0 fully saturated rings. The van der Waals surface area contributed by atoms with Gasteiger partial charge in [0.25, 0.3) is 0 Å². The molecule has 0 radical (unpaired) electrons. The highest BCUT2D eigenvalue weighted by Crippen LogP contribution is 2.31. The predicted octanol–water partition coefficient (Wildman–Crippen LogP) is 6.70. The molecule has 0 bridgehead atoms. The average molecular weight is 394 g/mol. The number of likely N-dealkylation sites (N-methyl/N-ethyl adjacent to an activating group) is 1. The molecule has 0 aliphatic carbocycles. The van der Waals surface area contributed by atoms with E-state index in [1.54, 1.807) is 0 Å². The summed E-state index contributed by atoms with van der Waals surface area (Å²) in [5.74, 6) is 0.309. The molecule has 1 N–H and O–H groups in total. The molecule has 0 spiro atoms. The first kappa shape index (κ1) is 21.5. The van der Waals surface area contributed by atoms with Gasteiger partial charge in [-0.25, -0.2) is 0 Å². The molecule has 0 aliphatic heterocycles. The van der Waals surface area contributed by atoms with E-state index in [4.69, 9.17) is 0 Å². The number of hydrogen-bond acceptors (Lipinski definition) is 1. The zero-order valence-corrected chi connectivity index (χ0v) is 17.9. The molecular weight excluding hydrogens is 362 g/mol. The number of benzene rings is 4. The van der Waals surface area contributed by atoms with Gasteiger partial charge in [-0.15, -0.1) is 0 Å². The second-order valence-corrected chi connectivity index (χ2v) is 7.54. The Kier molecular flexibility index (Phi) is 8.44. The number of nitrogens with one attached hydrogen (secondary N) is 1. The van der Waals surface area contributed by atoms with Crippen LogP contribution in [0.4, 0.5) is 0 Å². The van der Waals surface area contributed by atoms with Crippen molar-refractivity contribution in [3.8, 4) is 0 Å².